The van der Waals surface area contributed by atoms with Gasteiger partial charge in [-0.2, -0.15) is 0 Å². The fraction of sp³-hybridized carbons (Fsp3) is 0.667. The van der Waals surface area contributed by atoms with Crippen molar-refractivity contribution in [2.45, 2.75) is 39.7 Å². The molecule has 1 heterocycles. The van der Waals surface area contributed by atoms with Crippen LogP contribution in [-0.4, -0.2) is 28.8 Å². The molecule has 0 spiro atoms. The van der Waals surface area contributed by atoms with Gasteiger partial charge in [0.1, 0.15) is 12.4 Å². The summed E-state index contributed by atoms with van der Waals surface area (Å²) >= 11 is 0. The average Bonchev–Trinajstić information content (AvgIpc) is 2.22. The van der Waals surface area contributed by atoms with E-state index < -0.39 is 0 Å². The summed E-state index contributed by atoms with van der Waals surface area (Å²) in [5.74, 6) is 0.979. The molecule has 5 nitrogen and oxygen atoms in total. The molecule has 0 aromatic carbocycles. The first-order chi connectivity index (χ1) is 7.90. The monoisotopic (exact) mass is 240 g/mol. The molecule has 1 rings (SSSR count). The van der Waals surface area contributed by atoms with Crippen LogP contribution in [0, 0.1) is 0 Å². The van der Waals surface area contributed by atoms with Gasteiger partial charge in [-0.15, -0.1) is 0 Å². The Balaban J connectivity index is 2.47. The number of H-pyrrole nitrogens is 1. The molecule has 1 N–H and O–H groups in total. The van der Waals surface area contributed by atoms with Crippen LogP contribution in [0.5, 0.6) is 5.88 Å². The van der Waals surface area contributed by atoms with Crippen LogP contribution in [0.15, 0.2) is 10.9 Å². The molecule has 17 heavy (non-hydrogen) atoms. The summed E-state index contributed by atoms with van der Waals surface area (Å²) in [6, 6.07) is 1.34. The highest BCUT2D eigenvalue weighted by Crippen LogP contribution is 2.07. The number of hydrogen-bond acceptors (Lipinski definition) is 4. The lowest BCUT2D eigenvalue weighted by Gasteiger charge is -2.19. The predicted molar refractivity (Wildman–Crippen MR) is 65.4 cm³/mol. The highest BCUT2D eigenvalue weighted by atomic mass is 16.5. The molecule has 1 aromatic heterocycles. The first-order valence-corrected chi connectivity index (χ1v) is 5.77. The quantitative estimate of drug-likeness (QED) is 0.793. The van der Waals surface area contributed by atoms with Crippen LogP contribution in [0.3, 0.4) is 0 Å². The first kappa shape index (κ1) is 13.7. The fourth-order valence-electron chi connectivity index (χ4n) is 1.22. The van der Waals surface area contributed by atoms with E-state index in [0.717, 1.165) is 0 Å². The third-order valence-corrected chi connectivity index (χ3v) is 1.97. The Bertz CT molecular complexity index is 407. The van der Waals surface area contributed by atoms with Gasteiger partial charge in [0.05, 0.1) is 18.3 Å². The van der Waals surface area contributed by atoms with Gasteiger partial charge >= 0.3 is 0 Å². The summed E-state index contributed by atoms with van der Waals surface area (Å²) in [5.41, 5.74) is -0.372. The summed E-state index contributed by atoms with van der Waals surface area (Å²) in [5, 5.41) is 0. The van der Waals surface area contributed by atoms with Gasteiger partial charge in [-0.1, -0.05) is 6.92 Å². The zero-order valence-electron chi connectivity index (χ0n) is 10.9. The van der Waals surface area contributed by atoms with Crippen LogP contribution in [0.2, 0.25) is 0 Å². The number of aryl methyl sites for hydroxylation is 1. The van der Waals surface area contributed by atoms with Crippen molar-refractivity contribution in [3.05, 3.63) is 22.2 Å². The van der Waals surface area contributed by atoms with Crippen LogP contribution >= 0.6 is 0 Å². The fourth-order valence-corrected chi connectivity index (χ4v) is 1.22. The third-order valence-electron chi connectivity index (χ3n) is 1.97. The van der Waals surface area contributed by atoms with Gasteiger partial charge in [-0.25, -0.2) is 4.98 Å². The summed E-state index contributed by atoms with van der Waals surface area (Å²) < 4.78 is 10.9. The Morgan fingerprint density at radius 1 is 1.35 bits per heavy atom. The Hall–Kier alpha value is -1.36. The van der Waals surface area contributed by atoms with Crippen molar-refractivity contribution in [2.24, 2.45) is 0 Å². The minimum Gasteiger partial charge on any atom is -0.475 e. The van der Waals surface area contributed by atoms with Crippen LogP contribution in [0.4, 0.5) is 0 Å². The van der Waals surface area contributed by atoms with Crippen molar-refractivity contribution >= 4 is 0 Å². The van der Waals surface area contributed by atoms with E-state index in [1.807, 2.05) is 27.7 Å². The molecule has 0 fully saturated rings. The number of aromatic nitrogens is 2. The normalized spacial score (nSPS) is 11.5. The molecule has 1 aromatic rings. The van der Waals surface area contributed by atoms with Gasteiger partial charge in [0.25, 0.3) is 5.56 Å². The van der Waals surface area contributed by atoms with Gasteiger partial charge in [0, 0.05) is 6.42 Å². The predicted octanol–water partition coefficient (Wildman–Crippen LogP) is 1.53. The summed E-state index contributed by atoms with van der Waals surface area (Å²) in [7, 11) is 0. The maximum absolute atomic E-state index is 11.3. The minimum atomic E-state index is -0.191. The molecular formula is C12H20N2O3. The second kappa shape index (κ2) is 5.82. The number of ether oxygens (including phenoxy) is 2. The standard InChI is InChI=1S/C12H20N2O3/c1-5-9-13-10(15)8-11(14-9)16-6-7-17-12(2,3)4/h8H,5-7H2,1-4H3,(H,13,14,15). The second-order valence-electron chi connectivity index (χ2n) is 4.69. The van der Waals surface area contributed by atoms with Crippen molar-refractivity contribution in [3.8, 4) is 5.88 Å². The Morgan fingerprint density at radius 2 is 2.06 bits per heavy atom. The highest BCUT2D eigenvalue weighted by molar-refractivity contribution is 5.08. The van der Waals surface area contributed by atoms with Gasteiger partial charge in [0.15, 0.2) is 0 Å². The van der Waals surface area contributed by atoms with E-state index >= 15 is 0 Å². The second-order valence-corrected chi connectivity index (χ2v) is 4.69. The number of nitrogens with one attached hydrogen (secondary N) is 1. The van der Waals surface area contributed by atoms with Crippen LogP contribution in [0.1, 0.15) is 33.5 Å². The topological polar surface area (TPSA) is 64.2 Å². The van der Waals surface area contributed by atoms with E-state index in [2.05, 4.69) is 9.97 Å². The van der Waals surface area contributed by atoms with Crippen LogP contribution in [-0.2, 0) is 11.2 Å². The van der Waals surface area contributed by atoms with Crippen molar-refractivity contribution < 1.29 is 9.47 Å². The number of rotatable bonds is 5. The van der Waals surface area contributed by atoms with Crippen LogP contribution in [0.25, 0.3) is 0 Å². The average molecular weight is 240 g/mol. The maximum atomic E-state index is 11.3. The Kier molecular flexibility index (Phi) is 4.69. The van der Waals surface area contributed by atoms with E-state index in [-0.39, 0.29) is 11.2 Å². The van der Waals surface area contributed by atoms with Gasteiger partial charge < -0.3 is 14.5 Å². The van der Waals surface area contributed by atoms with Crippen molar-refractivity contribution in [1.82, 2.24) is 9.97 Å². The molecule has 0 unspecified atom stereocenters. The molecule has 0 bridgehead atoms. The van der Waals surface area contributed by atoms with Gasteiger partial charge in [0.2, 0.25) is 5.88 Å². The molecule has 0 aliphatic carbocycles. The minimum absolute atomic E-state index is 0.181. The molecule has 0 amide bonds. The molecule has 0 aliphatic heterocycles. The Morgan fingerprint density at radius 3 is 2.65 bits per heavy atom. The molecular weight excluding hydrogens is 220 g/mol. The molecule has 5 heteroatoms. The smallest absolute Gasteiger partial charge is 0.254 e. The number of aromatic amines is 1. The highest BCUT2D eigenvalue weighted by Gasteiger charge is 2.09. The van der Waals surface area contributed by atoms with E-state index in [1.54, 1.807) is 0 Å². The largest absolute Gasteiger partial charge is 0.475 e. The molecule has 0 aliphatic rings. The van der Waals surface area contributed by atoms with Gasteiger partial charge in [-0.3, -0.25) is 4.79 Å². The first-order valence-electron chi connectivity index (χ1n) is 5.77. The van der Waals surface area contributed by atoms with Crippen LogP contribution < -0.4 is 10.3 Å². The number of hydrogen-bond donors (Lipinski definition) is 1. The molecule has 96 valence electrons. The summed E-state index contributed by atoms with van der Waals surface area (Å²) in [4.78, 5) is 18.0. The summed E-state index contributed by atoms with van der Waals surface area (Å²) in [6.45, 7) is 8.72. The molecule has 0 saturated heterocycles. The molecule has 0 saturated carbocycles. The van der Waals surface area contributed by atoms with Crippen molar-refractivity contribution in [2.75, 3.05) is 13.2 Å². The SMILES string of the molecule is CCc1nc(OCCOC(C)(C)C)cc(=O)[nH]1. The lowest BCUT2D eigenvalue weighted by Crippen LogP contribution is -2.23. The Labute approximate surface area is 101 Å². The number of nitrogens with zero attached hydrogens (tertiary/aromatic N) is 1. The van der Waals surface area contributed by atoms with E-state index in [0.29, 0.717) is 31.3 Å². The lowest BCUT2D eigenvalue weighted by molar-refractivity contribution is -0.0168. The van der Waals surface area contributed by atoms with E-state index in [1.165, 1.54) is 6.07 Å². The third kappa shape index (κ3) is 5.49. The molecule has 0 radical (unpaired) electrons. The molecule has 0 atom stereocenters. The van der Waals surface area contributed by atoms with E-state index in [9.17, 15) is 4.79 Å². The lowest BCUT2D eigenvalue weighted by atomic mass is 10.2. The van der Waals surface area contributed by atoms with E-state index in [4.69, 9.17) is 9.47 Å². The zero-order chi connectivity index (χ0) is 12.9. The zero-order valence-corrected chi connectivity index (χ0v) is 10.9. The maximum Gasteiger partial charge on any atom is 0.254 e. The van der Waals surface area contributed by atoms with Crippen molar-refractivity contribution in [1.29, 1.82) is 0 Å². The van der Waals surface area contributed by atoms with Crippen molar-refractivity contribution in [3.63, 3.8) is 0 Å². The van der Waals surface area contributed by atoms with Gasteiger partial charge in [-0.05, 0) is 20.8 Å². The summed E-state index contributed by atoms with van der Waals surface area (Å²) in [6.07, 6.45) is 0.672.